The number of nitrogens with two attached hydrogens (primary N) is 2. The highest BCUT2D eigenvalue weighted by molar-refractivity contribution is 5.40. The van der Waals surface area contributed by atoms with Gasteiger partial charge in [0.15, 0.2) is 0 Å². The number of benzene rings is 1. The van der Waals surface area contributed by atoms with Gasteiger partial charge in [0, 0.05) is 6.54 Å². The fourth-order valence-corrected chi connectivity index (χ4v) is 1.69. The lowest BCUT2D eigenvalue weighted by atomic mass is 9.92. The quantitative estimate of drug-likeness (QED) is 0.692. The highest BCUT2D eigenvalue weighted by atomic mass is 16.3. The van der Waals surface area contributed by atoms with Crippen LogP contribution < -0.4 is 11.5 Å². The molecule has 1 aromatic carbocycles. The van der Waals surface area contributed by atoms with Crippen LogP contribution in [0.4, 0.5) is 0 Å². The Kier molecular flexibility index (Phi) is 3.85. The van der Waals surface area contributed by atoms with Gasteiger partial charge in [-0.3, -0.25) is 0 Å². The van der Waals surface area contributed by atoms with Gasteiger partial charge in [-0.25, -0.2) is 0 Å². The van der Waals surface area contributed by atoms with Gasteiger partial charge < -0.3 is 16.6 Å². The summed E-state index contributed by atoms with van der Waals surface area (Å²) in [6, 6.07) is 3.61. The summed E-state index contributed by atoms with van der Waals surface area (Å²) >= 11 is 0. The Hall–Kier alpha value is -0.900. The van der Waals surface area contributed by atoms with Gasteiger partial charge in [-0.1, -0.05) is 12.1 Å². The number of aliphatic hydroxyl groups is 1. The molecule has 0 amide bonds. The summed E-state index contributed by atoms with van der Waals surface area (Å²) in [6.07, 6.45) is -0.675. The molecule has 3 heteroatoms. The van der Waals surface area contributed by atoms with Crippen LogP contribution in [0.25, 0.3) is 0 Å². The van der Waals surface area contributed by atoms with Gasteiger partial charge in [-0.05, 0) is 43.0 Å². The number of aryl methyl sites for hydroxylation is 1. The van der Waals surface area contributed by atoms with E-state index in [9.17, 15) is 5.11 Å². The van der Waals surface area contributed by atoms with Crippen molar-refractivity contribution < 1.29 is 5.11 Å². The zero-order valence-electron chi connectivity index (χ0n) is 9.62. The Morgan fingerprint density at radius 3 is 2.33 bits per heavy atom. The van der Waals surface area contributed by atoms with E-state index >= 15 is 0 Å². The standard InChI is InChI=1S/C12H20N2O/c1-7-4-5-10(9(3)8(7)2)12(14)11(15)6-13/h4-5,11-12,15H,6,13-14H2,1-3H3. The van der Waals surface area contributed by atoms with E-state index in [1.165, 1.54) is 11.1 Å². The summed E-state index contributed by atoms with van der Waals surface area (Å²) in [4.78, 5) is 0. The molecule has 0 aromatic heterocycles. The molecule has 0 heterocycles. The van der Waals surface area contributed by atoms with E-state index in [1.54, 1.807) is 0 Å². The number of rotatable bonds is 3. The lowest BCUT2D eigenvalue weighted by Crippen LogP contribution is -2.33. The minimum absolute atomic E-state index is 0.188. The molecule has 0 radical (unpaired) electrons. The lowest BCUT2D eigenvalue weighted by molar-refractivity contribution is 0.152. The third-order valence-electron chi connectivity index (χ3n) is 3.12. The largest absolute Gasteiger partial charge is 0.390 e. The van der Waals surface area contributed by atoms with Gasteiger partial charge >= 0.3 is 0 Å². The van der Waals surface area contributed by atoms with Crippen LogP contribution in [-0.4, -0.2) is 17.8 Å². The van der Waals surface area contributed by atoms with Crippen molar-refractivity contribution in [2.75, 3.05) is 6.54 Å². The molecule has 0 fully saturated rings. The molecule has 2 unspecified atom stereocenters. The van der Waals surface area contributed by atoms with E-state index in [1.807, 2.05) is 19.1 Å². The average molecular weight is 208 g/mol. The molecule has 1 rings (SSSR count). The van der Waals surface area contributed by atoms with Gasteiger partial charge in [0.2, 0.25) is 0 Å². The SMILES string of the molecule is Cc1ccc(C(N)C(O)CN)c(C)c1C. The molecule has 0 aliphatic rings. The van der Waals surface area contributed by atoms with Crippen molar-refractivity contribution in [2.24, 2.45) is 11.5 Å². The molecular formula is C12H20N2O. The molecule has 0 saturated heterocycles. The Bertz CT molecular complexity index is 350. The summed E-state index contributed by atoms with van der Waals surface area (Å²) in [7, 11) is 0. The first kappa shape index (κ1) is 12.2. The van der Waals surface area contributed by atoms with Crippen molar-refractivity contribution in [1.29, 1.82) is 0 Å². The van der Waals surface area contributed by atoms with E-state index < -0.39 is 12.1 Å². The number of hydrogen-bond acceptors (Lipinski definition) is 3. The topological polar surface area (TPSA) is 72.3 Å². The molecule has 0 bridgehead atoms. The molecule has 3 nitrogen and oxygen atoms in total. The maximum Gasteiger partial charge on any atom is 0.0854 e. The van der Waals surface area contributed by atoms with Crippen molar-refractivity contribution in [1.82, 2.24) is 0 Å². The Morgan fingerprint density at radius 1 is 1.20 bits per heavy atom. The summed E-state index contributed by atoms with van der Waals surface area (Å²) in [5, 5.41) is 9.61. The fraction of sp³-hybridized carbons (Fsp3) is 0.500. The predicted molar refractivity (Wildman–Crippen MR) is 62.6 cm³/mol. The third kappa shape index (κ3) is 2.37. The van der Waals surface area contributed by atoms with Crippen molar-refractivity contribution in [3.8, 4) is 0 Å². The van der Waals surface area contributed by atoms with Crippen LogP contribution in [0.3, 0.4) is 0 Å². The van der Waals surface area contributed by atoms with Crippen molar-refractivity contribution in [3.05, 3.63) is 34.4 Å². The van der Waals surface area contributed by atoms with Crippen molar-refractivity contribution in [2.45, 2.75) is 32.9 Å². The summed E-state index contributed by atoms with van der Waals surface area (Å²) in [6.45, 7) is 6.35. The molecule has 0 spiro atoms. The average Bonchev–Trinajstić information content (AvgIpc) is 2.24. The maximum atomic E-state index is 9.61. The molecule has 1 aromatic rings. The van der Waals surface area contributed by atoms with E-state index in [0.717, 1.165) is 11.1 Å². The van der Waals surface area contributed by atoms with E-state index in [-0.39, 0.29) is 6.54 Å². The maximum absolute atomic E-state index is 9.61. The van der Waals surface area contributed by atoms with Crippen LogP contribution in [0.15, 0.2) is 12.1 Å². The Morgan fingerprint density at radius 2 is 1.80 bits per heavy atom. The minimum Gasteiger partial charge on any atom is -0.390 e. The number of aliphatic hydroxyl groups excluding tert-OH is 1. The highest BCUT2D eigenvalue weighted by Crippen LogP contribution is 2.23. The Labute approximate surface area is 91.1 Å². The van der Waals surface area contributed by atoms with Crippen LogP contribution in [0.1, 0.15) is 28.3 Å². The molecule has 0 aliphatic carbocycles. The van der Waals surface area contributed by atoms with E-state index in [0.29, 0.717) is 0 Å². The molecule has 0 saturated carbocycles. The number of hydrogen-bond donors (Lipinski definition) is 3. The van der Waals surface area contributed by atoms with Crippen molar-refractivity contribution in [3.63, 3.8) is 0 Å². The normalized spacial score (nSPS) is 15.1. The van der Waals surface area contributed by atoms with Crippen LogP contribution >= 0.6 is 0 Å². The second kappa shape index (κ2) is 4.75. The van der Waals surface area contributed by atoms with Crippen LogP contribution in [0.2, 0.25) is 0 Å². The van der Waals surface area contributed by atoms with E-state index in [2.05, 4.69) is 13.8 Å². The summed E-state index contributed by atoms with van der Waals surface area (Å²) < 4.78 is 0. The van der Waals surface area contributed by atoms with Gasteiger partial charge in [0.05, 0.1) is 12.1 Å². The van der Waals surface area contributed by atoms with Crippen molar-refractivity contribution >= 4 is 0 Å². The summed E-state index contributed by atoms with van der Waals surface area (Å²) in [5.74, 6) is 0. The predicted octanol–water partition coefficient (Wildman–Crippen LogP) is 0.931. The monoisotopic (exact) mass is 208 g/mol. The molecule has 2 atom stereocenters. The van der Waals surface area contributed by atoms with Crippen LogP contribution in [0, 0.1) is 20.8 Å². The first-order valence-electron chi connectivity index (χ1n) is 5.19. The first-order valence-corrected chi connectivity index (χ1v) is 5.19. The van der Waals surface area contributed by atoms with Gasteiger partial charge in [0.25, 0.3) is 0 Å². The highest BCUT2D eigenvalue weighted by Gasteiger charge is 2.18. The first-order chi connectivity index (χ1) is 6.99. The van der Waals surface area contributed by atoms with Crippen LogP contribution in [0.5, 0.6) is 0 Å². The Balaban J connectivity index is 3.10. The smallest absolute Gasteiger partial charge is 0.0854 e. The zero-order chi connectivity index (χ0) is 11.6. The van der Waals surface area contributed by atoms with Gasteiger partial charge in [0.1, 0.15) is 0 Å². The van der Waals surface area contributed by atoms with Gasteiger partial charge in [-0.15, -0.1) is 0 Å². The van der Waals surface area contributed by atoms with Gasteiger partial charge in [-0.2, -0.15) is 0 Å². The molecule has 0 aliphatic heterocycles. The second-order valence-corrected chi connectivity index (χ2v) is 4.05. The fourth-order valence-electron chi connectivity index (χ4n) is 1.69. The molecular weight excluding hydrogens is 188 g/mol. The second-order valence-electron chi connectivity index (χ2n) is 4.05. The molecule has 5 N–H and O–H groups in total. The van der Waals surface area contributed by atoms with Crippen LogP contribution in [-0.2, 0) is 0 Å². The van der Waals surface area contributed by atoms with E-state index in [4.69, 9.17) is 11.5 Å². The minimum atomic E-state index is -0.675. The zero-order valence-corrected chi connectivity index (χ0v) is 9.62. The lowest BCUT2D eigenvalue weighted by Gasteiger charge is -2.21. The summed E-state index contributed by atoms with van der Waals surface area (Å²) in [5.41, 5.74) is 15.9. The molecule has 15 heavy (non-hydrogen) atoms. The molecule has 84 valence electrons. The third-order valence-corrected chi connectivity index (χ3v) is 3.12.